The summed E-state index contributed by atoms with van der Waals surface area (Å²) >= 11 is 5.94. The second kappa shape index (κ2) is 8.54. The van der Waals surface area contributed by atoms with Crippen molar-refractivity contribution in [2.75, 3.05) is 26.2 Å². The molecule has 122 valence electrons. The first kappa shape index (κ1) is 20.9. The van der Waals surface area contributed by atoms with Crippen LogP contribution in [0.4, 0.5) is 4.39 Å². The molecule has 0 saturated carbocycles. The number of piperazine rings is 1. The summed E-state index contributed by atoms with van der Waals surface area (Å²) < 4.78 is 14.4. The molecule has 0 unspecified atom stereocenters. The third kappa shape index (κ3) is 4.97. The third-order valence-corrected chi connectivity index (χ3v) is 3.91. The Balaban J connectivity index is 0.00000200. The van der Waals surface area contributed by atoms with E-state index >= 15 is 0 Å². The third-order valence-electron chi connectivity index (χ3n) is 3.61. The summed E-state index contributed by atoms with van der Waals surface area (Å²) in [6.07, 6.45) is 0. The molecular formula is C15H24Cl3FN2. The van der Waals surface area contributed by atoms with Crippen LogP contribution in [0.15, 0.2) is 18.2 Å². The molecule has 2 rings (SSSR count). The van der Waals surface area contributed by atoms with Gasteiger partial charge in [-0.05, 0) is 11.5 Å². The zero-order valence-corrected chi connectivity index (χ0v) is 15.0. The molecule has 2 nitrogen and oxygen atoms in total. The van der Waals surface area contributed by atoms with Crippen LogP contribution in [0.25, 0.3) is 0 Å². The predicted octanol–water partition coefficient (Wildman–Crippen LogP) is 4.32. The maximum Gasteiger partial charge on any atom is 0.146 e. The van der Waals surface area contributed by atoms with Gasteiger partial charge in [-0.1, -0.05) is 44.5 Å². The van der Waals surface area contributed by atoms with Crippen molar-refractivity contribution >= 4 is 36.4 Å². The predicted molar refractivity (Wildman–Crippen MR) is 92.5 cm³/mol. The smallest absolute Gasteiger partial charge is 0.146 e. The minimum absolute atomic E-state index is 0. The molecule has 0 aliphatic carbocycles. The van der Waals surface area contributed by atoms with E-state index in [1.807, 2.05) is 12.1 Å². The zero-order chi connectivity index (χ0) is 14.0. The molecule has 1 saturated heterocycles. The van der Waals surface area contributed by atoms with E-state index in [0.29, 0.717) is 5.56 Å². The van der Waals surface area contributed by atoms with E-state index in [9.17, 15) is 4.39 Å². The van der Waals surface area contributed by atoms with Crippen LogP contribution in [-0.2, 0) is 0 Å². The Bertz CT molecular complexity index is 443. The monoisotopic (exact) mass is 356 g/mol. The van der Waals surface area contributed by atoms with Gasteiger partial charge in [-0.25, -0.2) is 4.39 Å². The Morgan fingerprint density at radius 1 is 1.19 bits per heavy atom. The highest BCUT2D eigenvalue weighted by molar-refractivity contribution is 6.30. The van der Waals surface area contributed by atoms with E-state index in [-0.39, 0.29) is 47.1 Å². The van der Waals surface area contributed by atoms with Crippen LogP contribution in [0.2, 0.25) is 5.02 Å². The van der Waals surface area contributed by atoms with Crippen LogP contribution >= 0.6 is 36.4 Å². The number of nitrogens with zero attached hydrogens (tertiary/aromatic N) is 1. The van der Waals surface area contributed by atoms with E-state index in [0.717, 1.165) is 26.2 Å². The number of rotatable bonds is 2. The van der Waals surface area contributed by atoms with Gasteiger partial charge in [0.25, 0.3) is 0 Å². The fourth-order valence-electron chi connectivity index (χ4n) is 2.88. The first-order valence-electron chi connectivity index (χ1n) is 6.80. The summed E-state index contributed by atoms with van der Waals surface area (Å²) in [4.78, 5) is 2.35. The molecule has 0 amide bonds. The maximum absolute atomic E-state index is 14.4. The maximum atomic E-state index is 14.4. The Morgan fingerprint density at radius 3 is 2.29 bits per heavy atom. The lowest BCUT2D eigenvalue weighted by Gasteiger charge is -2.42. The molecule has 0 radical (unpaired) electrons. The molecule has 1 aliphatic heterocycles. The van der Waals surface area contributed by atoms with Gasteiger partial charge in [0.2, 0.25) is 0 Å². The standard InChI is InChI=1S/C15H22ClFN2.2ClH/c1-15(2,3)14(19-9-7-18-8-10-19)11-5-4-6-12(16)13(11)17;;/h4-6,14,18H,7-10H2,1-3H3;2*1H/t14-;;/m0../s1. The lowest BCUT2D eigenvalue weighted by molar-refractivity contribution is 0.0835. The molecule has 0 spiro atoms. The molecule has 6 heteroatoms. The van der Waals surface area contributed by atoms with Gasteiger partial charge in [0.1, 0.15) is 5.82 Å². The number of nitrogens with one attached hydrogen (secondary N) is 1. The van der Waals surface area contributed by atoms with Crippen molar-refractivity contribution in [3.63, 3.8) is 0 Å². The van der Waals surface area contributed by atoms with Crippen LogP contribution in [0.3, 0.4) is 0 Å². The molecule has 0 aromatic heterocycles. The van der Waals surface area contributed by atoms with Gasteiger partial charge in [-0.15, -0.1) is 24.8 Å². The first-order chi connectivity index (χ1) is 8.91. The lowest BCUT2D eigenvalue weighted by Crippen LogP contribution is -2.48. The van der Waals surface area contributed by atoms with E-state index < -0.39 is 0 Å². The van der Waals surface area contributed by atoms with Gasteiger partial charge in [0.15, 0.2) is 0 Å². The van der Waals surface area contributed by atoms with Crippen molar-refractivity contribution in [2.24, 2.45) is 5.41 Å². The van der Waals surface area contributed by atoms with Crippen LogP contribution < -0.4 is 5.32 Å². The number of benzene rings is 1. The molecular weight excluding hydrogens is 334 g/mol. The van der Waals surface area contributed by atoms with Gasteiger partial charge in [-0.3, -0.25) is 4.90 Å². The SMILES string of the molecule is CC(C)(C)[C@H](c1cccc(Cl)c1F)N1CCNCC1.Cl.Cl. The molecule has 1 fully saturated rings. The number of halogens is 4. The molecule has 1 aromatic rings. The fourth-order valence-corrected chi connectivity index (χ4v) is 3.06. The van der Waals surface area contributed by atoms with E-state index in [1.54, 1.807) is 6.07 Å². The van der Waals surface area contributed by atoms with Gasteiger partial charge in [-0.2, -0.15) is 0 Å². The van der Waals surface area contributed by atoms with Crippen LogP contribution in [0.5, 0.6) is 0 Å². The van der Waals surface area contributed by atoms with Gasteiger partial charge in [0.05, 0.1) is 5.02 Å². The number of hydrogen-bond acceptors (Lipinski definition) is 2. The Hall–Kier alpha value is -0.0600. The van der Waals surface area contributed by atoms with E-state index in [2.05, 4.69) is 31.0 Å². The zero-order valence-electron chi connectivity index (χ0n) is 12.7. The van der Waals surface area contributed by atoms with Crippen molar-refractivity contribution in [1.29, 1.82) is 0 Å². The average molecular weight is 358 g/mol. The minimum Gasteiger partial charge on any atom is -0.314 e. The van der Waals surface area contributed by atoms with Crippen molar-refractivity contribution in [1.82, 2.24) is 10.2 Å². The summed E-state index contributed by atoms with van der Waals surface area (Å²) in [5.74, 6) is -0.275. The Morgan fingerprint density at radius 2 is 1.76 bits per heavy atom. The molecule has 1 heterocycles. The largest absolute Gasteiger partial charge is 0.314 e. The first-order valence-corrected chi connectivity index (χ1v) is 7.18. The minimum atomic E-state index is -0.275. The molecule has 0 bridgehead atoms. The summed E-state index contributed by atoms with van der Waals surface area (Å²) in [6.45, 7) is 10.2. The second-order valence-electron chi connectivity index (χ2n) is 6.20. The summed E-state index contributed by atoms with van der Waals surface area (Å²) in [5.41, 5.74) is 0.671. The second-order valence-corrected chi connectivity index (χ2v) is 6.60. The summed E-state index contributed by atoms with van der Waals surface area (Å²) in [5, 5.41) is 3.55. The topological polar surface area (TPSA) is 15.3 Å². The summed E-state index contributed by atoms with van der Waals surface area (Å²) in [6, 6.07) is 5.35. The molecule has 1 atom stereocenters. The Labute approximate surface area is 144 Å². The van der Waals surface area contributed by atoms with Crippen molar-refractivity contribution in [3.05, 3.63) is 34.6 Å². The van der Waals surface area contributed by atoms with E-state index in [4.69, 9.17) is 11.6 Å². The highest BCUT2D eigenvalue weighted by Gasteiger charge is 2.34. The van der Waals surface area contributed by atoms with Crippen LogP contribution in [0.1, 0.15) is 32.4 Å². The van der Waals surface area contributed by atoms with E-state index in [1.165, 1.54) is 0 Å². The average Bonchev–Trinajstić information content (AvgIpc) is 2.35. The normalized spacial score (nSPS) is 17.6. The van der Waals surface area contributed by atoms with Gasteiger partial charge < -0.3 is 5.32 Å². The van der Waals surface area contributed by atoms with Crippen molar-refractivity contribution in [2.45, 2.75) is 26.8 Å². The molecule has 1 N–H and O–H groups in total. The van der Waals surface area contributed by atoms with Crippen LogP contribution in [0, 0.1) is 11.2 Å². The Kier molecular flexibility index (Phi) is 8.52. The van der Waals surface area contributed by atoms with Crippen molar-refractivity contribution < 1.29 is 4.39 Å². The summed E-state index contributed by atoms with van der Waals surface area (Å²) in [7, 11) is 0. The highest BCUT2D eigenvalue weighted by atomic mass is 35.5. The molecule has 21 heavy (non-hydrogen) atoms. The quantitative estimate of drug-likeness (QED) is 0.848. The van der Waals surface area contributed by atoms with Gasteiger partial charge >= 0.3 is 0 Å². The lowest BCUT2D eigenvalue weighted by atomic mass is 9.80. The molecule has 1 aliphatic rings. The highest BCUT2D eigenvalue weighted by Crippen LogP contribution is 2.40. The fraction of sp³-hybridized carbons (Fsp3) is 0.600. The van der Waals surface area contributed by atoms with Crippen LogP contribution in [-0.4, -0.2) is 31.1 Å². The molecule has 1 aromatic carbocycles. The number of hydrogen-bond donors (Lipinski definition) is 1. The van der Waals surface area contributed by atoms with Crippen molar-refractivity contribution in [3.8, 4) is 0 Å². The van der Waals surface area contributed by atoms with Gasteiger partial charge in [0, 0.05) is 37.8 Å².